The molecule has 2 aliphatic rings. The van der Waals surface area contributed by atoms with E-state index in [4.69, 9.17) is 4.74 Å². The van der Waals surface area contributed by atoms with Crippen molar-refractivity contribution in [1.29, 1.82) is 0 Å². The van der Waals surface area contributed by atoms with Crippen LogP contribution < -0.4 is 5.32 Å². The van der Waals surface area contributed by atoms with Crippen molar-refractivity contribution in [2.45, 2.75) is 36.8 Å². The smallest absolute Gasteiger partial charge is 0.407 e. The standard InChI is InChI=1S/C26H26N4O5/c1-30(26(10-11-26)24(32)33)23(31)22(12-16-13-27-15-28-16)29-25(34)35-14-21-19-8-4-2-6-17(19)18-7-3-5-9-20(18)21/h2-9,13,15,21-22H,10-12,14H2,1H3,(H,27,28)(H,29,34)(H,32,33)/t22-/m1/s1. The van der Waals surface area contributed by atoms with Crippen molar-refractivity contribution in [2.24, 2.45) is 0 Å². The van der Waals surface area contributed by atoms with E-state index in [1.54, 1.807) is 6.20 Å². The van der Waals surface area contributed by atoms with Crippen LogP contribution in [-0.4, -0.2) is 63.2 Å². The van der Waals surface area contributed by atoms with Crippen LogP contribution in [0.2, 0.25) is 0 Å². The van der Waals surface area contributed by atoms with E-state index >= 15 is 0 Å². The second-order valence-electron chi connectivity index (χ2n) is 9.04. The highest BCUT2D eigenvalue weighted by Gasteiger charge is 2.56. The van der Waals surface area contributed by atoms with Crippen LogP contribution in [0.4, 0.5) is 4.79 Å². The van der Waals surface area contributed by atoms with E-state index in [1.807, 2.05) is 36.4 Å². The van der Waals surface area contributed by atoms with E-state index in [9.17, 15) is 19.5 Å². The molecular formula is C26H26N4O5. The first kappa shape index (κ1) is 22.6. The largest absolute Gasteiger partial charge is 0.479 e. The van der Waals surface area contributed by atoms with Crippen molar-refractivity contribution in [1.82, 2.24) is 20.2 Å². The van der Waals surface area contributed by atoms with E-state index in [-0.39, 0.29) is 18.9 Å². The van der Waals surface area contributed by atoms with Gasteiger partial charge in [-0.05, 0) is 35.1 Å². The number of aromatic amines is 1. The van der Waals surface area contributed by atoms with E-state index in [2.05, 4.69) is 27.4 Å². The third-order valence-corrected chi connectivity index (χ3v) is 7.01. The highest BCUT2D eigenvalue weighted by molar-refractivity contribution is 5.93. The maximum Gasteiger partial charge on any atom is 0.407 e. The molecule has 9 nitrogen and oxygen atoms in total. The summed E-state index contributed by atoms with van der Waals surface area (Å²) >= 11 is 0. The number of alkyl carbamates (subject to hydrolysis) is 1. The van der Waals surface area contributed by atoms with Gasteiger partial charge in [0.15, 0.2) is 0 Å². The number of hydrogen-bond acceptors (Lipinski definition) is 5. The van der Waals surface area contributed by atoms with Gasteiger partial charge < -0.3 is 25.0 Å². The van der Waals surface area contributed by atoms with Crippen LogP contribution in [-0.2, 0) is 20.7 Å². The quantitative estimate of drug-likeness (QED) is 0.461. The first-order valence-electron chi connectivity index (χ1n) is 11.5. The van der Waals surface area contributed by atoms with E-state index < -0.39 is 29.6 Å². The molecule has 3 N–H and O–H groups in total. The van der Waals surface area contributed by atoms with Crippen molar-refractivity contribution in [3.8, 4) is 11.1 Å². The van der Waals surface area contributed by atoms with Gasteiger partial charge in [-0.2, -0.15) is 0 Å². The molecule has 3 aromatic rings. The number of nitrogens with zero attached hydrogens (tertiary/aromatic N) is 2. The summed E-state index contributed by atoms with van der Waals surface area (Å²) < 4.78 is 5.61. The summed E-state index contributed by atoms with van der Waals surface area (Å²) in [4.78, 5) is 45.9. The third kappa shape index (κ3) is 4.14. The number of carboxylic acid groups (broad SMARTS) is 1. The molecule has 1 fully saturated rings. The number of amides is 2. The number of aromatic nitrogens is 2. The number of carboxylic acids is 1. The molecule has 1 heterocycles. The van der Waals surface area contributed by atoms with Gasteiger partial charge in [-0.15, -0.1) is 0 Å². The molecular weight excluding hydrogens is 448 g/mol. The number of carbonyl (C=O) groups is 3. The van der Waals surface area contributed by atoms with Gasteiger partial charge in [0.25, 0.3) is 0 Å². The summed E-state index contributed by atoms with van der Waals surface area (Å²) in [7, 11) is 1.46. The maximum atomic E-state index is 13.2. The van der Waals surface area contributed by atoms with Gasteiger partial charge in [-0.3, -0.25) is 4.79 Å². The van der Waals surface area contributed by atoms with Gasteiger partial charge >= 0.3 is 12.1 Å². The van der Waals surface area contributed by atoms with Crippen LogP contribution in [0, 0.1) is 0 Å². The second kappa shape index (κ2) is 8.90. The zero-order valence-electron chi connectivity index (χ0n) is 19.2. The fourth-order valence-corrected chi connectivity index (χ4v) is 4.85. The average Bonchev–Trinajstić information content (AvgIpc) is 3.41. The van der Waals surface area contributed by atoms with Crippen LogP contribution in [0.25, 0.3) is 11.1 Å². The van der Waals surface area contributed by atoms with E-state index in [0.717, 1.165) is 22.3 Å². The summed E-state index contributed by atoms with van der Waals surface area (Å²) in [5.41, 5.74) is 3.83. The number of H-pyrrole nitrogens is 1. The van der Waals surface area contributed by atoms with Crippen LogP contribution in [0.1, 0.15) is 35.6 Å². The van der Waals surface area contributed by atoms with Crippen LogP contribution in [0.15, 0.2) is 61.1 Å². The normalized spacial score (nSPS) is 16.0. The molecule has 2 amide bonds. The number of hydrogen-bond donors (Lipinski definition) is 3. The molecule has 1 aromatic heterocycles. The lowest BCUT2D eigenvalue weighted by atomic mass is 9.98. The van der Waals surface area contributed by atoms with Crippen molar-refractivity contribution in [3.05, 3.63) is 77.9 Å². The number of fused-ring (bicyclic) bond motifs is 3. The van der Waals surface area contributed by atoms with Gasteiger partial charge in [0.2, 0.25) is 5.91 Å². The summed E-state index contributed by atoms with van der Waals surface area (Å²) in [5.74, 6) is -1.65. The Morgan fingerprint density at radius 2 is 1.77 bits per heavy atom. The Morgan fingerprint density at radius 1 is 1.14 bits per heavy atom. The maximum absolute atomic E-state index is 13.2. The van der Waals surface area contributed by atoms with Gasteiger partial charge in [-0.25, -0.2) is 14.6 Å². The van der Waals surface area contributed by atoms with Gasteiger partial charge in [0.1, 0.15) is 18.2 Å². The Balaban J connectivity index is 1.30. The number of benzene rings is 2. The van der Waals surface area contributed by atoms with Gasteiger partial charge in [0, 0.05) is 31.3 Å². The topological polar surface area (TPSA) is 125 Å². The number of aliphatic carboxylic acids is 1. The number of imidazole rings is 1. The molecule has 0 aliphatic heterocycles. The summed E-state index contributed by atoms with van der Waals surface area (Å²) in [6.07, 6.45) is 3.19. The van der Waals surface area contributed by atoms with Crippen LogP contribution in [0.5, 0.6) is 0 Å². The highest BCUT2D eigenvalue weighted by atomic mass is 16.5. The highest BCUT2D eigenvalue weighted by Crippen LogP contribution is 2.44. The Morgan fingerprint density at radius 3 is 2.31 bits per heavy atom. The Kier molecular flexibility index (Phi) is 5.76. The monoisotopic (exact) mass is 474 g/mol. The molecule has 5 rings (SSSR count). The third-order valence-electron chi connectivity index (χ3n) is 7.01. The van der Waals surface area contributed by atoms with Crippen LogP contribution in [0.3, 0.4) is 0 Å². The van der Waals surface area contributed by atoms with Crippen molar-refractivity contribution >= 4 is 18.0 Å². The molecule has 2 aromatic carbocycles. The number of carbonyl (C=O) groups excluding carboxylic acids is 2. The Bertz CT molecular complexity index is 1220. The predicted octanol–water partition coefficient (Wildman–Crippen LogP) is 2.94. The average molecular weight is 475 g/mol. The first-order chi connectivity index (χ1) is 16.9. The molecule has 180 valence electrons. The minimum Gasteiger partial charge on any atom is -0.479 e. The first-order valence-corrected chi connectivity index (χ1v) is 11.5. The number of likely N-dealkylation sites (N-methyl/N-ethyl adjacent to an activating group) is 1. The van der Waals surface area contributed by atoms with Gasteiger partial charge in [0.05, 0.1) is 6.33 Å². The minimum absolute atomic E-state index is 0.111. The van der Waals surface area contributed by atoms with Crippen molar-refractivity contribution in [2.75, 3.05) is 13.7 Å². The zero-order valence-corrected chi connectivity index (χ0v) is 19.2. The fourth-order valence-electron chi connectivity index (χ4n) is 4.85. The lowest BCUT2D eigenvalue weighted by molar-refractivity contribution is -0.151. The van der Waals surface area contributed by atoms with Crippen molar-refractivity contribution < 1.29 is 24.2 Å². The zero-order chi connectivity index (χ0) is 24.6. The Hall–Kier alpha value is -4.14. The van der Waals surface area contributed by atoms with Crippen LogP contribution >= 0.6 is 0 Å². The molecule has 0 unspecified atom stereocenters. The molecule has 2 aliphatic carbocycles. The lowest BCUT2D eigenvalue weighted by Crippen LogP contribution is -2.54. The van der Waals surface area contributed by atoms with E-state index in [1.165, 1.54) is 18.3 Å². The summed E-state index contributed by atoms with van der Waals surface area (Å²) in [6, 6.07) is 15.1. The summed E-state index contributed by atoms with van der Waals surface area (Å²) in [5, 5.41) is 12.2. The molecule has 9 heteroatoms. The Labute approximate surface area is 202 Å². The predicted molar refractivity (Wildman–Crippen MR) is 127 cm³/mol. The summed E-state index contributed by atoms with van der Waals surface area (Å²) in [6.45, 7) is 0.111. The van der Waals surface area contributed by atoms with Crippen molar-refractivity contribution in [3.63, 3.8) is 0 Å². The number of ether oxygens (including phenoxy) is 1. The molecule has 35 heavy (non-hydrogen) atoms. The molecule has 0 bridgehead atoms. The number of nitrogens with one attached hydrogen (secondary N) is 2. The lowest BCUT2D eigenvalue weighted by Gasteiger charge is -2.29. The molecule has 1 saturated carbocycles. The second-order valence-corrected chi connectivity index (χ2v) is 9.04. The SMILES string of the molecule is CN(C(=O)[C@@H](Cc1cnc[nH]1)NC(=O)OCC1c2ccccc2-c2ccccc21)C1(C(=O)O)CC1. The number of rotatable bonds is 8. The molecule has 0 radical (unpaired) electrons. The van der Waals surface area contributed by atoms with Gasteiger partial charge in [-0.1, -0.05) is 48.5 Å². The minimum atomic E-state index is -1.22. The molecule has 0 saturated heterocycles. The fraction of sp³-hybridized carbons (Fsp3) is 0.308. The molecule has 0 spiro atoms. The molecule has 1 atom stereocenters. The van der Waals surface area contributed by atoms with E-state index in [0.29, 0.717) is 18.5 Å².